The van der Waals surface area contributed by atoms with Gasteiger partial charge in [0.25, 0.3) is 5.56 Å². The molecule has 3 aromatic rings. The second kappa shape index (κ2) is 7.36. The smallest absolute Gasteiger partial charge is 0.328 e. The summed E-state index contributed by atoms with van der Waals surface area (Å²) in [4.78, 5) is 38.8. The van der Waals surface area contributed by atoms with Crippen LogP contribution in [-0.4, -0.2) is 15.5 Å². The number of aromatic amines is 1. The second-order valence-electron chi connectivity index (χ2n) is 6.64. The number of carbonyl (C=O) groups excluding carboxylic acids is 1. The van der Waals surface area contributed by atoms with Crippen LogP contribution in [0.5, 0.6) is 0 Å². The predicted octanol–water partition coefficient (Wildman–Crippen LogP) is 1.99. The molecule has 2 N–H and O–H groups in total. The van der Waals surface area contributed by atoms with Gasteiger partial charge >= 0.3 is 5.69 Å². The number of H-pyrrole nitrogens is 1. The van der Waals surface area contributed by atoms with Crippen LogP contribution in [0.2, 0.25) is 0 Å². The lowest BCUT2D eigenvalue weighted by molar-refractivity contribution is -0.122. The van der Waals surface area contributed by atoms with E-state index in [1.54, 1.807) is 11.3 Å². The number of hydrogen-bond acceptors (Lipinski definition) is 4. The Labute approximate surface area is 159 Å². The first-order valence-corrected chi connectivity index (χ1v) is 9.72. The summed E-state index contributed by atoms with van der Waals surface area (Å²) in [7, 11) is 0. The number of hydrogen-bond donors (Lipinski definition) is 2. The molecule has 0 aliphatic heterocycles. The average molecular weight is 381 g/mol. The summed E-state index contributed by atoms with van der Waals surface area (Å²) in [6.45, 7) is -0.150. The van der Waals surface area contributed by atoms with Gasteiger partial charge in [-0.2, -0.15) is 0 Å². The molecule has 0 fully saturated rings. The fourth-order valence-electron chi connectivity index (χ4n) is 3.48. The Balaban J connectivity index is 1.59. The van der Waals surface area contributed by atoms with Crippen LogP contribution >= 0.6 is 11.3 Å². The lowest BCUT2D eigenvalue weighted by atomic mass is 10.00. The molecule has 6 nitrogen and oxygen atoms in total. The molecule has 138 valence electrons. The first-order valence-electron chi connectivity index (χ1n) is 8.84. The van der Waals surface area contributed by atoms with Gasteiger partial charge in [-0.25, -0.2) is 4.79 Å². The van der Waals surface area contributed by atoms with Crippen LogP contribution < -0.4 is 16.6 Å². The third kappa shape index (κ3) is 3.78. The number of nitrogens with zero attached hydrogens (tertiary/aromatic N) is 1. The molecule has 0 saturated carbocycles. The van der Waals surface area contributed by atoms with Gasteiger partial charge in [0.05, 0.1) is 6.04 Å². The third-order valence-corrected chi connectivity index (χ3v) is 5.74. The van der Waals surface area contributed by atoms with Gasteiger partial charge in [0.2, 0.25) is 5.91 Å². The van der Waals surface area contributed by atoms with Crippen molar-refractivity contribution in [2.45, 2.75) is 31.8 Å². The van der Waals surface area contributed by atoms with E-state index in [4.69, 9.17) is 0 Å². The van der Waals surface area contributed by atoms with Crippen molar-refractivity contribution >= 4 is 17.2 Å². The summed E-state index contributed by atoms with van der Waals surface area (Å²) >= 11 is 1.58. The van der Waals surface area contributed by atoms with Gasteiger partial charge in [0.1, 0.15) is 6.54 Å². The number of fused-ring (bicyclic) bond motifs is 1. The summed E-state index contributed by atoms with van der Waals surface area (Å²) in [5.74, 6) is -0.289. The Morgan fingerprint density at radius 1 is 1.19 bits per heavy atom. The van der Waals surface area contributed by atoms with Gasteiger partial charge in [-0.3, -0.25) is 19.1 Å². The van der Waals surface area contributed by atoms with E-state index in [0.29, 0.717) is 0 Å². The van der Waals surface area contributed by atoms with Crippen LogP contribution in [0.15, 0.2) is 57.6 Å². The zero-order chi connectivity index (χ0) is 18.8. The maximum absolute atomic E-state index is 12.6. The van der Waals surface area contributed by atoms with E-state index in [1.165, 1.54) is 34.4 Å². The molecule has 1 amide bonds. The lowest BCUT2D eigenvalue weighted by Gasteiger charge is -2.19. The first kappa shape index (κ1) is 17.5. The summed E-state index contributed by atoms with van der Waals surface area (Å²) in [5, 5.41) is 5.02. The topological polar surface area (TPSA) is 84.0 Å². The number of rotatable bonds is 5. The largest absolute Gasteiger partial charge is 0.343 e. The van der Waals surface area contributed by atoms with E-state index in [-0.39, 0.29) is 18.5 Å². The van der Waals surface area contributed by atoms with Crippen molar-refractivity contribution in [1.29, 1.82) is 0 Å². The van der Waals surface area contributed by atoms with Gasteiger partial charge in [0, 0.05) is 17.1 Å². The highest BCUT2D eigenvalue weighted by Crippen LogP contribution is 2.30. The lowest BCUT2D eigenvalue weighted by Crippen LogP contribution is -2.37. The van der Waals surface area contributed by atoms with Crippen molar-refractivity contribution in [2.24, 2.45) is 0 Å². The number of carbonyl (C=O) groups is 1. The minimum absolute atomic E-state index is 0.150. The first-order chi connectivity index (χ1) is 13.1. The van der Waals surface area contributed by atoms with E-state index in [2.05, 4.69) is 28.5 Å². The molecule has 0 spiro atoms. The van der Waals surface area contributed by atoms with E-state index in [1.807, 2.05) is 17.5 Å². The Kier molecular flexibility index (Phi) is 4.77. The zero-order valence-corrected chi connectivity index (χ0v) is 15.4. The summed E-state index contributed by atoms with van der Waals surface area (Å²) in [6.07, 6.45) is 4.68. The molecular formula is C20H19N3O3S. The zero-order valence-electron chi connectivity index (χ0n) is 14.6. The van der Waals surface area contributed by atoms with Crippen LogP contribution in [0.3, 0.4) is 0 Å². The Bertz CT molecular complexity index is 1080. The highest BCUT2D eigenvalue weighted by Gasteiger charge is 2.20. The van der Waals surface area contributed by atoms with Gasteiger partial charge in [-0.05, 0) is 47.4 Å². The van der Waals surface area contributed by atoms with Gasteiger partial charge in [-0.15, -0.1) is 11.3 Å². The molecule has 0 saturated heterocycles. The summed E-state index contributed by atoms with van der Waals surface area (Å²) < 4.78 is 1.19. The van der Waals surface area contributed by atoms with Crippen molar-refractivity contribution < 1.29 is 4.79 Å². The number of amides is 1. The van der Waals surface area contributed by atoms with Crippen LogP contribution in [0.4, 0.5) is 0 Å². The molecule has 4 rings (SSSR count). The van der Waals surface area contributed by atoms with E-state index >= 15 is 0 Å². The molecule has 7 heteroatoms. The number of aromatic nitrogens is 2. The van der Waals surface area contributed by atoms with E-state index in [0.717, 1.165) is 23.3 Å². The molecule has 27 heavy (non-hydrogen) atoms. The minimum Gasteiger partial charge on any atom is -0.343 e. The third-order valence-electron chi connectivity index (χ3n) is 4.80. The second-order valence-corrected chi connectivity index (χ2v) is 7.61. The molecule has 2 aromatic heterocycles. The van der Waals surface area contributed by atoms with Crippen LogP contribution in [-0.2, 0) is 24.2 Å². The monoisotopic (exact) mass is 381 g/mol. The van der Waals surface area contributed by atoms with E-state index in [9.17, 15) is 14.4 Å². The maximum Gasteiger partial charge on any atom is 0.328 e. The number of benzene rings is 1. The fourth-order valence-corrected chi connectivity index (χ4v) is 4.28. The van der Waals surface area contributed by atoms with E-state index < -0.39 is 11.2 Å². The maximum atomic E-state index is 12.6. The normalized spacial score (nSPS) is 13.9. The Morgan fingerprint density at radius 2 is 2.04 bits per heavy atom. The van der Waals surface area contributed by atoms with Gasteiger partial charge < -0.3 is 5.32 Å². The van der Waals surface area contributed by atoms with Crippen molar-refractivity contribution in [3.8, 4) is 0 Å². The molecule has 1 aromatic carbocycles. The molecular weight excluding hydrogens is 362 g/mol. The predicted molar refractivity (Wildman–Crippen MR) is 104 cm³/mol. The molecule has 1 aliphatic carbocycles. The van der Waals surface area contributed by atoms with Crippen molar-refractivity contribution in [2.75, 3.05) is 0 Å². The highest BCUT2D eigenvalue weighted by molar-refractivity contribution is 7.10. The average Bonchev–Trinajstić information content (AvgIpc) is 3.33. The van der Waals surface area contributed by atoms with Crippen molar-refractivity contribution in [3.05, 3.63) is 90.4 Å². The van der Waals surface area contributed by atoms with Crippen LogP contribution in [0.1, 0.15) is 34.0 Å². The van der Waals surface area contributed by atoms with Gasteiger partial charge in [0.15, 0.2) is 0 Å². The van der Waals surface area contributed by atoms with Crippen molar-refractivity contribution in [3.63, 3.8) is 0 Å². The Morgan fingerprint density at radius 3 is 2.81 bits per heavy atom. The molecule has 0 radical (unpaired) electrons. The number of thiophene rings is 1. The number of nitrogens with one attached hydrogen (secondary N) is 2. The highest BCUT2D eigenvalue weighted by atomic mass is 32.1. The molecule has 1 unspecified atom stereocenters. The molecule has 0 bridgehead atoms. The summed E-state index contributed by atoms with van der Waals surface area (Å²) in [6, 6.07) is 11.3. The Hall–Kier alpha value is -2.93. The quantitative estimate of drug-likeness (QED) is 0.709. The van der Waals surface area contributed by atoms with Gasteiger partial charge in [-0.1, -0.05) is 24.3 Å². The van der Waals surface area contributed by atoms with Crippen molar-refractivity contribution in [1.82, 2.24) is 14.9 Å². The van der Waals surface area contributed by atoms with Crippen LogP contribution in [0, 0.1) is 0 Å². The minimum atomic E-state index is -0.595. The standard InChI is InChI=1S/C20H19N3O3S/c24-17-8-9-23(20(26)22-17)12-18(25)21-19(16-5-2-10-27-16)15-7-6-13-3-1-4-14(13)11-15/h2,5-11,19H,1,3-4,12H2,(H,21,25)(H,22,24,26). The fraction of sp³-hybridized carbons (Fsp3) is 0.250. The molecule has 2 heterocycles. The summed E-state index contributed by atoms with van der Waals surface area (Å²) in [5.41, 5.74) is 2.70. The number of aryl methyl sites for hydroxylation is 2. The molecule has 1 atom stereocenters. The SMILES string of the molecule is O=C(Cn1ccc(=O)[nH]c1=O)NC(c1ccc2c(c1)CCC2)c1cccs1. The molecule has 1 aliphatic rings. The van der Waals surface area contributed by atoms with Crippen LogP contribution in [0.25, 0.3) is 0 Å².